The fraction of sp³-hybridized carbons (Fsp3) is 0.773. The quantitative estimate of drug-likeness (QED) is 0.569. The number of fused-ring (bicyclic) bond motifs is 2. The average molecular weight is 365 g/mol. The smallest absolute Gasteiger partial charge is 0.303 e. The van der Waals surface area contributed by atoms with Crippen molar-refractivity contribution in [3.63, 3.8) is 0 Å². The molecule has 4 atom stereocenters. The van der Waals surface area contributed by atoms with Gasteiger partial charge >= 0.3 is 5.97 Å². The van der Waals surface area contributed by atoms with Crippen LogP contribution in [-0.4, -0.2) is 34.5 Å². The maximum absolute atomic E-state index is 11.7. The third-order valence-corrected chi connectivity index (χ3v) is 6.29. The van der Waals surface area contributed by atoms with Crippen LogP contribution in [-0.2, 0) is 14.3 Å². The second kappa shape index (κ2) is 8.26. The molecule has 1 saturated heterocycles. The maximum Gasteiger partial charge on any atom is 0.303 e. The number of allylic oxidation sites excluding steroid dienone is 2. The van der Waals surface area contributed by atoms with Crippen molar-refractivity contribution in [1.82, 2.24) is 0 Å². The van der Waals surface area contributed by atoms with Gasteiger partial charge in [-0.05, 0) is 64.4 Å². The van der Waals surface area contributed by atoms with E-state index in [1.807, 2.05) is 13.8 Å². The van der Waals surface area contributed by atoms with Crippen molar-refractivity contribution in [2.45, 2.75) is 103 Å². The van der Waals surface area contributed by atoms with Gasteiger partial charge < -0.3 is 14.6 Å². The van der Waals surface area contributed by atoms with Crippen LogP contribution in [0.3, 0.4) is 0 Å². The first-order chi connectivity index (χ1) is 12.1. The second-order valence-electron chi connectivity index (χ2n) is 8.73. The zero-order valence-electron chi connectivity index (χ0n) is 17.3. The third kappa shape index (κ3) is 4.77. The van der Waals surface area contributed by atoms with Crippen molar-refractivity contribution in [3.8, 4) is 0 Å². The van der Waals surface area contributed by atoms with E-state index in [0.29, 0.717) is 12.3 Å². The van der Waals surface area contributed by atoms with E-state index in [-0.39, 0.29) is 11.6 Å². The minimum Gasteiger partial charge on any atom is -0.459 e. The molecule has 0 aromatic carbocycles. The first-order valence-electron chi connectivity index (χ1n) is 9.96. The lowest BCUT2D eigenvalue weighted by Crippen LogP contribution is -2.47. The van der Waals surface area contributed by atoms with Gasteiger partial charge in [-0.15, -0.1) is 0 Å². The van der Waals surface area contributed by atoms with Crippen LogP contribution >= 0.6 is 0 Å². The summed E-state index contributed by atoms with van der Waals surface area (Å²) in [6, 6.07) is 0. The predicted octanol–water partition coefficient (Wildman–Crippen LogP) is 4.71. The van der Waals surface area contributed by atoms with Crippen LogP contribution in [0.25, 0.3) is 0 Å². The SMILES string of the molecule is CC(=O)OC1CC(O)C(C)=CCCC(C)=CCC2(C(C)C)CCC1(C)O2. The molecule has 0 radical (unpaired) electrons. The van der Waals surface area contributed by atoms with Gasteiger partial charge in [0.1, 0.15) is 11.7 Å². The number of carbonyl (C=O) groups is 1. The van der Waals surface area contributed by atoms with Crippen molar-refractivity contribution < 1.29 is 19.4 Å². The van der Waals surface area contributed by atoms with Crippen LogP contribution in [0.2, 0.25) is 0 Å². The summed E-state index contributed by atoms with van der Waals surface area (Å²) in [5, 5.41) is 10.7. The Balaban J connectivity index is 2.41. The van der Waals surface area contributed by atoms with E-state index in [0.717, 1.165) is 37.7 Å². The van der Waals surface area contributed by atoms with Crippen LogP contribution in [0.1, 0.15) is 80.1 Å². The molecule has 26 heavy (non-hydrogen) atoms. The maximum atomic E-state index is 11.7. The van der Waals surface area contributed by atoms with Crippen LogP contribution < -0.4 is 0 Å². The molecule has 0 aliphatic carbocycles. The molecule has 2 bridgehead atoms. The number of rotatable bonds is 2. The lowest BCUT2D eigenvalue weighted by Gasteiger charge is -2.40. The molecule has 0 spiro atoms. The van der Waals surface area contributed by atoms with Crippen molar-refractivity contribution >= 4 is 5.97 Å². The lowest BCUT2D eigenvalue weighted by atomic mass is 9.82. The van der Waals surface area contributed by atoms with Gasteiger partial charge in [-0.2, -0.15) is 0 Å². The summed E-state index contributed by atoms with van der Waals surface area (Å²) in [5.41, 5.74) is 1.48. The summed E-state index contributed by atoms with van der Waals surface area (Å²) in [7, 11) is 0. The molecule has 1 fully saturated rings. The monoisotopic (exact) mass is 364 g/mol. The molecular weight excluding hydrogens is 328 g/mol. The molecule has 1 N–H and O–H groups in total. The lowest BCUT2D eigenvalue weighted by molar-refractivity contribution is -0.189. The van der Waals surface area contributed by atoms with Crippen LogP contribution in [0.5, 0.6) is 0 Å². The Morgan fingerprint density at radius 1 is 1.31 bits per heavy atom. The summed E-state index contributed by atoms with van der Waals surface area (Å²) in [6.07, 6.45) is 8.25. The van der Waals surface area contributed by atoms with E-state index in [9.17, 15) is 9.90 Å². The summed E-state index contributed by atoms with van der Waals surface area (Å²) >= 11 is 0. The molecule has 4 nitrogen and oxygen atoms in total. The number of hydrogen-bond acceptors (Lipinski definition) is 4. The van der Waals surface area contributed by atoms with Gasteiger partial charge in [-0.1, -0.05) is 31.6 Å². The van der Waals surface area contributed by atoms with Gasteiger partial charge in [-0.3, -0.25) is 4.79 Å². The van der Waals surface area contributed by atoms with Crippen molar-refractivity contribution in [1.29, 1.82) is 0 Å². The molecule has 148 valence electrons. The highest BCUT2D eigenvalue weighted by Crippen LogP contribution is 2.48. The highest BCUT2D eigenvalue weighted by atomic mass is 16.6. The summed E-state index contributed by atoms with van der Waals surface area (Å²) in [5.74, 6) is 0.0389. The molecular formula is C22H36O4. The second-order valence-corrected chi connectivity index (χ2v) is 8.73. The minimum absolute atomic E-state index is 0.240. The highest BCUT2D eigenvalue weighted by molar-refractivity contribution is 5.66. The zero-order chi connectivity index (χ0) is 19.5. The Morgan fingerprint density at radius 2 is 2.00 bits per heavy atom. The van der Waals surface area contributed by atoms with E-state index >= 15 is 0 Å². The number of esters is 1. The third-order valence-electron chi connectivity index (χ3n) is 6.29. The molecule has 2 heterocycles. The standard InChI is InChI=1S/C22H36O4/c1-15(2)22-11-10-16(3)8-7-9-17(4)19(24)14-20(25-18(5)23)21(6,26-22)12-13-22/h9-10,15,19-20,24H,7-8,11-14H2,1-6H3. The van der Waals surface area contributed by atoms with Crippen molar-refractivity contribution in [3.05, 3.63) is 23.3 Å². The summed E-state index contributed by atoms with van der Waals surface area (Å²) < 4.78 is 12.4. The van der Waals surface area contributed by atoms with Gasteiger partial charge in [0.2, 0.25) is 0 Å². The molecule has 4 heteroatoms. The van der Waals surface area contributed by atoms with Gasteiger partial charge in [0.05, 0.1) is 11.7 Å². The summed E-state index contributed by atoms with van der Waals surface area (Å²) in [4.78, 5) is 11.7. The molecule has 2 aliphatic heterocycles. The number of aliphatic hydroxyl groups is 1. The highest BCUT2D eigenvalue weighted by Gasteiger charge is 2.52. The molecule has 2 rings (SSSR count). The van der Waals surface area contributed by atoms with Crippen LogP contribution in [0.4, 0.5) is 0 Å². The fourth-order valence-corrected chi connectivity index (χ4v) is 4.16. The van der Waals surface area contributed by atoms with E-state index in [2.05, 4.69) is 32.9 Å². The number of ether oxygens (including phenoxy) is 2. The topological polar surface area (TPSA) is 55.8 Å². The first-order valence-corrected chi connectivity index (χ1v) is 9.96. The van der Waals surface area contributed by atoms with Crippen molar-refractivity contribution in [2.75, 3.05) is 0 Å². The van der Waals surface area contributed by atoms with E-state index in [1.54, 1.807) is 0 Å². The number of aliphatic hydroxyl groups excluding tert-OH is 1. The van der Waals surface area contributed by atoms with Crippen LogP contribution in [0, 0.1) is 5.92 Å². The van der Waals surface area contributed by atoms with Crippen LogP contribution in [0.15, 0.2) is 23.3 Å². The van der Waals surface area contributed by atoms with Gasteiger partial charge in [0.25, 0.3) is 0 Å². The molecule has 2 aliphatic rings. The Kier molecular flexibility index (Phi) is 6.73. The van der Waals surface area contributed by atoms with E-state index in [4.69, 9.17) is 9.47 Å². The predicted molar refractivity (Wildman–Crippen MR) is 104 cm³/mol. The van der Waals surface area contributed by atoms with Crippen molar-refractivity contribution in [2.24, 2.45) is 5.92 Å². The van der Waals surface area contributed by atoms with E-state index < -0.39 is 17.8 Å². The molecule has 0 saturated carbocycles. The number of carbonyl (C=O) groups excluding carboxylic acids is 1. The van der Waals surface area contributed by atoms with E-state index in [1.165, 1.54) is 12.5 Å². The Labute approximate surface area is 158 Å². The fourth-order valence-electron chi connectivity index (χ4n) is 4.16. The Hall–Kier alpha value is -1.13. The minimum atomic E-state index is -0.626. The van der Waals surface area contributed by atoms with Gasteiger partial charge in [0, 0.05) is 13.3 Å². The molecule has 0 aromatic rings. The average Bonchev–Trinajstić information content (AvgIpc) is 2.91. The molecule has 0 aromatic heterocycles. The van der Waals surface area contributed by atoms with Gasteiger partial charge in [-0.25, -0.2) is 0 Å². The molecule has 4 unspecified atom stereocenters. The zero-order valence-corrected chi connectivity index (χ0v) is 17.3. The Morgan fingerprint density at radius 3 is 2.62 bits per heavy atom. The first kappa shape index (κ1) is 21.2. The van der Waals surface area contributed by atoms with Gasteiger partial charge in [0.15, 0.2) is 0 Å². The number of hydrogen-bond donors (Lipinski definition) is 1. The largest absolute Gasteiger partial charge is 0.459 e. The normalized spacial score (nSPS) is 36.5. The summed E-state index contributed by atoms with van der Waals surface area (Å²) in [6.45, 7) is 12.0. The molecule has 0 amide bonds. The Bertz CT molecular complexity index is 577.